The van der Waals surface area contributed by atoms with Crippen molar-refractivity contribution in [3.05, 3.63) is 0 Å². The van der Waals surface area contributed by atoms with Gasteiger partial charge in [0.1, 0.15) is 11.6 Å². The molecule has 4 saturated carbocycles. The molecule has 0 aromatic heterocycles. The molecule has 0 aromatic carbocycles. The highest BCUT2D eigenvalue weighted by atomic mass is 16.6. The van der Waals surface area contributed by atoms with E-state index in [0.29, 0.717) is 53.5 Å². The van der Waals surface area contributed by atoms with Crippen molar-refractivity contribution in [3.63, 3.8) is 0 Å². The normalized spacial score (nSPS) is 57.6. The summed E-state index contributed by atoms with van der Waals surface area (Å²) in [6.45, 7) is 8.07. The van der Waals surface area contributed by atoms with E-state index in [1.165, 1.54) is 25.7 Å². The third-order valence-electron chi connectivity index (χ3n) is 9.62. The molecule has 0 spiro atoms. The van der Waals surface area contributed by atoms with Crippen LogP contribution in [0.4, 0.5) is 0 Å². The zero-order valence-electron chi connectivity index (χ0n) is 16.0. The molecule has 0 bridgehead atoms. The molecule has 4 aliphatic carbocycles. The van der Waals surface area contributed by atoms with Crippen LogP contribution in [0.15, 0.2) is 0 Å². The van der Waals surface area contributed by atoms with Crippen LogP contribution in [0, 0.1) is 40.4 Å². The van der Waals surface area contributed by atoms with Crippen LogP contribution in [0.5, 0.6) is 0 Å². The Morgan fingerprint density at radius 3 is 2.36 bits per heavy atom. The monoisotopic (exact) mass is 344 g/mol. The third-order valence-corrected chi connectivity index (χ3v) is 9.62. The van der Waals surface area contributed by atoms with Crippen molar-refractivity contribution in [2.24, 2.45) is 40.4 Å². The standard InChI is InChI=1S/C22H32O3/c1-20-8-6-13(23)10-17(20)18(24)11-14-15-4-5-19(22(3)12-25-22)21(15,2)9-7-16(14)20/h14-17,19H,4-12H2,1-3H3. The lowest BCUT2D eigenvalue weighted by Crippen LogP contribution is -2.57. The Labute approximate surface area is 151 Å². The van der Waals surface area contributed by atoms with E-state index in [1.54, 1.807) is 0 Å². The Balaban J connectivity index is 1.48. The maximum atomic E-state index is 13.0. The molecule has 25 heavy (non-hydrogen) atoms. The number of rotatable bonds is 1. The first kappa shape index (κ1) is 16.5. The maximum Gasteiger partial charge on any atom is 0.137 e. The molecule has 138 valence electrons. The van der Waals surface area contributed by atoms with Gasteiger partial charge in [-0.2, -0.15) is 0 Å². The van der Waals surface area contributed by atoms with Gasteiger partial charge in [-0.3, -0.25) is 9.59 Å². The number of ether oxygens (including phenoxy) is 1. The minimum absolute atomic E-state index is 0.0147. The number of hydrogen-bond acceptors (Lipinski definition) is 3. The van der Waals surface area contributed by atoms with Crippen LogP contribution < -0.4 is 0 Å². The molecule has 5 rings (SSSR count). The van der Waals surface area contributed by atoms with Gasteiger partial charge in [0.25, 0.3) is 0 Å². The Morgan fingerprint density at radius 2 is 1.64 bits per heavy atom. The molecular weight excluding hydrogens is 312 g/mol. The van der Waals surface area contributed by atoms with E-state index >= 15 is 0 Å². The number of carbonyl (C=O) groups is 2. The van der Waals surface area contributed by atoms with Crippen molar-refractivity contribution in [3.8, 4) is 0 Å². The number of Topliss-reactive ketones (excluding diaryl/α,β-unsaturated/α-hetero) is 2. The molecular formula is C22H32O3. The number of hydrogen-bond donors (Lipinski definition) is 0. The lowest BCUT2D eigenvalue weighted by atomic mass is 9.44. The third kappa shape index (κ3) is 2.08. The molecule has 3 nitrogen and oxygen atoms in total. The minimum Gasteiger partial charge on any atom is -0.370 e. The van der Waals surface area contributed by atoms with Gasteiger partial charge in [0, 0.05) is 25.2 Å². The van der Waals surface area contributed by atoms with Gasteiger partial charge in [-0.05, 0) is 73.5 Å². The van der Waals surface area contributed by atoms with Crippen LogP contribution in [0.1, 0.15) is 72.1 Å². The zero-order chi connectivity index (χ0) is 17.6. The molecule has 8 unspecified atom stereocenters. The predicted octanol–water partition coefficient (Wildman–Crippen LogP) is 4.18. The molecule has 0 N–H and O–H groups in total. The number of epoxide rings is 1. The smallest absolute Gasteiger partial charge is 0.137 e. The van der Waals surface area contributed by atoms with Crippen LogP contribution in [0.3, 0.4) is 0 Å². The van der Waals surface area contributed by atoms with Crippen LogP contribution in [-0.2, 0) is 14.3 Å². The summed E-state index contributed by atoms with van der Waals surface area (Å²) in [4.78, 5) is 25.0. The molecule has 0 amide bonds. The Morgan fingerprint density at radius 1 is 0.920 bits per heavy atom. The topological polar surface area (TPSA) is 46.7 Å². The number of fused-ring (bicyclic) bond motifs is 5. The van der Waals surface area contributed by atoms with Gasteiger partial charge in [-0.25, -0.2) is 0 Å². The highest BCUT2D eigenvalue weighted by Gasteiger charge is 2.66. The van der Waals surface area contributed by atoms with Crippen LogP contribution in [0.25, 0.3) is 0 Å². The highest BCUT2D eigenvalue weighted by Crippen LogP contribution is 2.69. The highest BCUT2D eigenvalue weighted by molar-refractivity contribution is 5.90. The minimum atomic E-state index is 0.0147. The number of carbonyl (C=O) groups excluding carboxylic acids is 2. The van der Waals surface area contributed by atoms with E-state index in [9.17, 15) is 9.59 Å². The summed E-state index contributed by atoms with van der Waals surface area (Å²) in [6, 6.07) is 0. The summed E-state index contributed by atoms with van der Waals surface area (Å²) in [6.07, 6.45) is 7.97. The SMILES string of the molecule is CC1(C2CCC3C4CC(=O)C5CC(=O)CCC5(C)C4CCC32C)CO1. The van der Waals surface area contributed by atoms with Gasteiger partial charge in [0.15, 0.2) is 0 Å². The molecule has 5 aliphatic rings. The summed E-state index contributed by atoms with van der Waals surface area (Å²) in [7, 11) is 0. The average Bonchev–Trinajstić information content (AvgIpc) is 3.18. The first-order valence-corrected chi connectivity index (χ1v) is 10.5. The van der Waals surface area contributed by atoms with E-state index in [-0.39, 0.29) is 16.9 Å². The van der Waals surface area contributed by atoms with Crippen molar-refractivity contribution in [1.29, 1.82) is 0 Å². The average molecular weight is 344 g/mol. The fourth-order valence-corrected chi connectivity index (χ4v) is 8.15. The van der Waals surface area contributed by atoms with Crippen LogP contribution >= 0.6 is 0 Å². The van der Waals surface area contributed by atoms with Gasteiger partial charge >= 0.3 is 0 Å². The second kappa shape index (κ2) is 4.97. The number of ketones is 2. The lowest BCUT2D eigenvalue weighted by Gasteiger charge is -2.59. The van der Waals surface area contributed by atoms with Gasteiger partial charge in [-0.15, -0.1) is 0 Å². The predicted molar refractivity (Wildman–Crippen MR) is 95.0 cm³/mol. The zero-order valence-corrected chi connectivity index (χ0v) is 16.0. The summed E-state index contributed by atoms with van der Waals surface area (Å²) < 4.78 is 5.86. The second-order valence-electron chi connectivity index (χ2n) is 10.6. The maximum absolute atomic E-state index is 13.0. The van der Waals surface area contributed by atoms with Crippen molar-refractivity contribution in [1.82, 2.24) is 0 Å². The van der Waals surface area contributed by atoms with Crippen molar-refractivity contribution in [2.45, 2.75) is 77.7 Å². The largest absolute Gasteiger partial charge is 0.370 e. The molecule has 0 aromatic rings. The molecule has 0 radical (unpaired) electrons. The van der Waals surface area contributed by atoms with Crippen molar-refractivity contribution >= 4 is 11.6 Å². The molecule has 5 fully saturated rings. The van der Waals surface area contributed by atoms with E-state index < -0.39 is 0 Å². The molecule has 1 aliphatic heterocycles. The first-order valence-electron chi connectivity index (χ1n) is 10.5. The lowest BCUT2D eigenvalue weighted by molar-refractivity contribution is -0.159. The summed E-state index contributed by atoms with van der Waals surface area (Å²) >= 11 is 0. The van der Waals surface area contributed by atoms with Gasteiger partial charge in [-0.1, -0.05) is 13.8 Å². The van der Waals surface area contributed by atoms with Crippen molar-refractivity contribution in [2.75, 3.05) is 6.61 Å². The Hall–Kier alpha value is -0.700. The van der Waals surface area contributed by atoms with Crippen molar-refractivity contribution < 1.29 is 14.3 Å². The van der Waals surface area contributed by atoms with E-state index in [0.717, 1.165) is 19.4 Å². The van der Waals surface area contributed by atoms with Crippen LogP contribution in [0.2, 0.25) is 0 Å². The van der Waals surface area contributed by atoms with Gasteiger partial charge in [0.05, 0.1) is 12.2 Å². The Kier molecular flexibility index (Phi) is 3.27. The van der Waals surface area contributed by atoms with Gasteiger partial charge < -0.3 is 4.74 Å². The summed E-state index contributed by atoms with van der Waals surface area (Å²) in [5.41, 5.74) is 0.534. The second-order valence-corrected chi connectivity index (χ2v) is 10.6. The summed E-state index contributed by atoms with van der Waals surface area (Å²) in [5.74, 6) is 3.27. The van der Waals surface area contributed by atoms with E-state index in [2.05, 4.69) is 20.8 Å². The Bertz CT molecular complexity index is 635. The molecule has 8 atom stereocenters. The van der Waals surface area contributed by atoms with Crippen LogP contribution in [-0.4, -0.2) is 23.8 Å². The fourth-order valence-electron chi connectivity index (χ4n) is 8.15. The van der Waals surface area contributed by atoms with E-state index in [4.69, 9.17) is 4.74 Å². The molecule has 3 heteroatoms. The van der Waals surface area contributed by atoms with E-state index in [1.807, 2.05) is 0 Å². The van der Waals surface area contributed by atoms with Gasteiger partial charge in [0.2, 0.25) is 0 Å². The first-order chi connectivity index (χ1) is 11.8. The molecule has 1 saturated heterocycles. The summed E-state index contributed by atoms with van der Waals surface area (Å²) in [5, 5.41) is 0. The quantitative estimate of drug-likeness (QED) is 0.670. The fraction of sp³-hybridized carbons (Fsp3) is 0.909. The molecule has 1 heterocycles.